The molecule has 2 rings (SSSR count). The maximum Gasteiger partial charge on any atom is 0.257 e. The molecule has 110 valence electrons. The van der Waals surface area contributed by atoms with E-state index in [1.54, 1.807) is 30.3 Å². The van der Waals surface area contributed by atoms with E-state index in [4.69, 9.17) is 22.1 Å². The number of nitrogens with two attached hydrogens (primary N) is 1. The third-order valence-corrected chi connectivity index (χ3v) is 3.08. The summed E-state index contributed by atoms with van der Waals surface area (Å²) in [6, 6.07) is 12.0. The van der Waals surface area contributed by atoms with E-state index in [1.165, 1.54) is 0 Å². The van der Waals surface area contributed by atoms with Crippen LogP contribution in [-0.4, -0.2) is 12.5 Å². The summed E-state index contributed by atoms with van der Waals surface area (Å²) in [6.07, 6.45) is 0.951. The van der Waals surface area contributed by atoms with Crippen LogP contribution in [0.4, 0.5) is 11.4 Å². The van der Waals surface area contributed by atoms with Gasteiger partial charge in [-0.25, -0.2) is 0 Å². The maximum absolute atomic E-state index is 12.2. The fourth-order valence-corrected chi connectivity index (χ4v) is 1.95. The minimum absolute atomic E-state index is 0.294. The molecule has 0 aliphatic heterocycles. The Balaban J connectivity index is 2.07. The van der Waals surface area contributed by atoms with Crippen LogP contribution in [0.3, 0.4) is 0 Å². The van der Waals surface area contributed by atoms with Crippen LogP contribution < -0.4 is 15.8 Å². The third-order valence-electron chi connectivity index (χ3n) is 2.85. The number of anilines is 2. The largest absolute Gasteiger partial charge is 0.494 e. The van der Waals surface area contributed by atoms with Gasteiger partial charge in [-0.05, 0) is 48.9 Å². The Kier molecular flexibility index (Phi) is 5.06. The molecule has 21 heavy (non-hydrogen) atoms. The molecule has 0 unspecified atom stereocenters. The van der Waals surface area contributed by atoms with E-state index in [1.807, 2.05) is 19.1 Å². The lowest BCUT2D eigenvalue weighted by Crippen LogP contribution is -2.14. The molecule has 0 atom stereocenters. The number of rotatable bonds is 5. The van der Waals surface area contributed by atoms with Gasteiger partial charge in [-0.2, -0.15) is 0 Å². The van der Waals surface area contributed by atoms with Crippen LogP contribution in [0.25, 0.3) is 0 Å². The third kappa shape index (κ3) is 4.13. The quantitative estimate of drug-likeness (QED) is 0.822. The van der Waals surface area contributed by atoms with Gasteiger partial charge in [-0.3, -0.25) is 4.79 Å². The Morgan fingerprint density at radius 3 is 2.62 bits per heavy atom. The fourth-order valence-electron chi connectivity index (χ4n) is 1.78. The molecule has 3 N–H and O–H groups in total. The first-order valence-electron chi connectivity index (χ1n) is 6.69. The van der Waals surface area contributed by atoms with Crippen molar-refractivity contribution in [2.75, 3.05) is 17.7 Å². The molecule has 5 heteroatoms. The molecule has 2 aromatic carbocycles. The van der Waals surface area contributed by atoms with Crippen LogP contribution in [0.15, 0.2) is 42.5 Å². The fraction of sp³-hybridized carbons (Fsp3) is 0.188. The zero-order valence-corrected chi connectivity index (χ0v) is 12.5. The first-order chi connectivity index (χ1) is 10.1. The van der Waals surface area contributed by atoms with Crippen molar-refractivity contribution in [2.45, 2.75) is 13.3 Å². The minimum Gasteiger partial charge on any atom is -0.494 e. The Hall–Kier alpha value is -2.20. The highest BCUT2D eigenvalue weighted by Gasteiger charge is 2.10. The van der Waals surface area contributed by atoms with Gasteiger partial charge in [0, 0.05) is 16.4 Å². The number of amides is 1. The van der Waals surface area contributed by atoms with E-state index in [-0.39, 0.29) is 5.91 Å². The van der Waals surface area contributed by atoms with Crippen molar-refractivity contribution in [2.24, 2.45) is 0 Å². The van der Waals surface area contributed by atoms with Crippen LogP contribution in [0.2, 0.25) is 5.02 Å². The Labute approximate surface area is 128 Å². The first-order valence-corrected chi connectivity index (χ1v) is 7.07. The van der Waals surface area contributed by atoms with Crippen molar-refractivity contribution in [1.29, 1.82) is 0 Å². The summed E-state index contributed by atoms with van der Waals surface area (Å²) >= 11 is 5.88. The Bertz CT molecular complexity index is 627. The van der Waals surface area contributed by atoms with Crippen molar-refractivity contribution in [3.8, 4) is 5.75 Å². The van der Waals surface area contributed by atoms with Gasteiger partial charge in [-0.1, -0.05) is 18.5 Å². The van der Waals surface area contributed by atoms with Gasteiger partial charge in [0.2, 0.25) is 0 Å². The highest BCUT2D eigenvalue weighted by atomic mass is 35.5. The predicted molar refractivity (Wildman–Crippen MR) is 86.0 cm³/mol. The molecule has 0 spiro atoms. The molecule has 0 bridgehead atoms. The lowest BCUT2D eigenvalue weighted by molar-refractivity contribution is 0.102. The summed E-state index contributed by atoms with van der Waals surface area (Å²) in [5.74, 6) is 0.481. The summed E-state index contributed by atoms with van der Waals surface area (Å²) in [5.41, 5.74) is 7.20. The van der Waals surface area contributed by atoms with Gasteiger partial charge >= 0.3 is 0 Å². The lowest BCUT2D eigenvalue weighted by atomic mass is 10.1. The summed E-state index contributed by atoms with van der Waals surface area (Å²) < 4.78 is 5.48. The standard InChI is InChI=1S/C16H17ClN2O2/c1-2-9-21-13-6-4-12(5-7-13)19-16(20)14-10-11(17)3-8-15(14)18/h3-8,10H,2,9,18H2,1H3,(H,19,20). The summed E-state index contributed by atoms with van der Waals surface area (Å²) in [7, 11) is 0. The zero-order valence-electron chi connectivity index (χ0n) is 11.7. The van der Waals surface area contributed by atoms with Crippen molar-refractivity contribution < 1.29 is 9.53 Å². The number of hydrogen-bond donors (Lipinski definition) is 2. The molecule has 0 aliphatic rings. The summed E-state index contributed by atoms with van der Waals surface area (Å²) in [4.78, 5) is 12.2. The van der Waals surface area contributed by atoms with E-state index in [0.29, 0.717) is 28.6 Å². The topological polar surface area (TPSA) is 64.3 Å². The van der Waals surface area contributed by atoms with E-state index < -0.39 is 0 Å². The molecule has 0 fully saturated rings. The number of carbonyl (C=O) groups is 1. The molecule has 2 aromatic rings. The van der Waals surface area contributed by atoms with Gasteiger partial charge < -0.3 is 15.8 Å². The summed E-state index contributed by atoms with van der Waals surface area (Å²) in [5, 5.41) is 3.25. The lowest BCUT2D eigenvalue weighted by Gasteiger charge is -2.09. The Morgan fingerprint density at radius 1 is 1.24 bits per heavy atom. The number of hydrogen-bond acceptors (Lipinski definition) is 3. The number of benzene rings is 2. The number of carbonyl (C=O) groups excluding carboxylic acids is 1. The van der Waals surface area contributed by atoms with Gasteiger partial charge in [0.1, 0.15) is 5.75 Å². The second-order valence-corrected chi connectivity index (χ2v) is 4.99. The van der Waals surface area contributed by atoms with Crippen LogP contribution in [0, 0.1) is 0 Å². The van der Waals surface area contributed by atoms with Crippen molar-refractivity contribution in [3.05, 3.63) is 53.1 Å². The second-order valence-electron chi connectivity index (χ2n) is 4.56. The zero-order chi connectivity index (χ0) is 15.2. The SMILES string of the molecule is CCCOc1ccc(NC(=O)c2cc(Cl)ccc2N)cc1. The number of ether oxygens (including phenoxy) is 1. The Morgan fingerprint density at radius 2 is 1.95 bits per heavy atom. The smallest absolute Gasteiger partial charge is 0.257 e. The van der Waals surface area contributed by atoms with Crippen LogP contribution in [0.1, 0.15) is 23.7 Å². The molecule has 4 nitrogen and oxygen atoms in total. The first kappa shape index (κ1) is 15.2. The molecule has 0 radical (unpaired) electrons. The van der Waals surface area contributed by atoms with Crippen LogP contribution >= 0.6 is 11.6 Å². The van der Waals surface area contributed by atoms with Crippen LogP contribution in [-0.2, 0) is 0 Å². The average molecular weight is 305 g/mol. The molecular weight excluding hydrogens is 288 g/mol. The molecular formula is C16H17ClN2O2. The van der Waals surface area contributed by atoms with Crippen molar-refractivity contribution in [1.82, 2.24) is 0 Å². The van der Waals surface area contributed by atoms with Crippen molar-refractivity contribution in [3.63, 3.8) is 0 Å². The molecule has 0 heterocycles. The van der Waals surface area contributed by atoms with E-state index in [0.717, 1.165) is 12.2 Å². The average Bonchev–Trinajstić information content (AvgIpc) is 2.49. The molecule has 0 saturated carbocycles. The highest BCUT2D eigenvalue weighted by molar-refractivity contribution is 6.31. The predicted octanol–water partition coefficient (Wildman–Crippen LogP) is 3.96. The van der Waals surface area contributed by atoms with E-state index in [2.05, 4.69) is 5.32 Å². The van der Waals surface area contributed by atoms with Gasteiger partial charge in [-0.15, -0.1) is 0 Å². The maximum atomic E-state index is 12.2. The normalized spacial score (nSPS) is 10.2. The monoisotopic (exact) mass is 304 g/mol. The highest BCUT2D eigenvalue weighted by Crippen LogP contribution is 2.21. The van der Waals surface area contributed by atoms with E-state index >= 15 is 0 Å². The van der Waals surface area contributed by atoms with E-state index in [9.17, 15) is 4.79 Å². The summed E-state index contributed by atoms with van der Waals surface area (Å²) in [6.45, 7) is 2.72. The number of halogens is 1. The molecule has 0 saturated heterocycles. The molecule has 1 amide bonds. The molecule has 0 aromatic heterocycles. The number of nitrogen functional groups attached to an aromatic ring is 1. The number of nitrogens with one attached hydrogen (secondary N) is 1. The molecule has 0 aliphatic carbocycles. The van der Waals surface area contributed by atoms with Crippen LogP contribution in [0.5, 0.6) is 5.75 Å². The van der Waals surface area contributed by atoms with Crippen molar-refractivity contribution >= 4 is 28.9 Å². The van der Waals surface area contributed by atoms with Gasteiger partial charge in [0.25, 0.3) is 5.91 Å². The minimum atomic E-state index is -0.294. The van der Waals surface area contributed by atoms with Gasteiger partial charge in [0.15, 0.2) is 0 Å². The van der Waals surface area contributed by atoms with Gasteiger partial charge in [0.05, 0.1) is 12.2 Å². The second kappa shape index (κ2) is 6.99.